The van der Waals surface area contributed by atoms with Crippen molar-refractivity contribution in [3.05, 3.63) is 64.7 Å². The molecule has 0 bridgehead atoms. The molecule has 1 fully saturated rings. The van der Waals surface area contributed by atoms with Crippen LogP contribution in [0.3, 0.4) is 0 Å². The summed E-state index contributed by atoms with van der Waals surface area (Å²) in [7, 11) is 0. The Morgan fingerprint density at radius 2 is 1.73 bits per heavy atom. The van der Waals surface area contributed by atoms with Gasteiger partial charge >= 0.3 is 0 Å². The van der Waals surface area contributed by atoms with Gasteiger partial charge in [0, 0.05) is 13.1 Å². The van der Waals surface area contributed by atoms with Crippen LogP contribution in [-0.4, -0.2) is 41.5 Å². The standard InChI is InChI=1S/C20H21ClN2O3/c21-18-4-2-1-3-17(18)20(26)22-13-19(25)23-11-9-15(10-12-23)14-5-7-16(24)8-6-14/h1-8,15,24H,9-13H2,(H,22,26). The third-order valence-electron chi connectivity index (χ3n) is 4.73. The number of hydrogen-bond donors (Lipinski definition) is 2. The molecule has 2 N–H and O–H groups in total. The van der Waals surface area contributed by atoms with Gasteiger partial charge in [0.2, 0.25) is 5.91 Å². The van der Waals surface area contributed by atoms with Gasteiger partial charge in [-0.2, -0.15) is 0 Å². The Labute approximate surface area is 157 Å². The molecule has 1 heterocycles. The van der Waals surface area contributed by atoms with Crippen molar-refractivity contribution in [2.24, 2.45) is 0 Å². The highest BCUT2D eigenvalue weighted by Gasteiger charge is 2.24. The Kier molecular flexibility index (Phi) is 5.78. The van der Waals surface area contributed by atoms with E-state index in [1.54, 1.807) is 41.3 Å². The van der Waals surface area contributed by atoms with Crippen LogP contribution in [-0.2, 0) is 4.79 Å². The number of halogens is 1. The zero-order valence-electron chi connectivity index (χ0n) is 14.3. The van der Waals surface area contributed by atoms with E-state index in [0.717, 1.165) is 12.8 Å². The molecule has 5 nitrogen and oxygen atoms in total. The fourth-order valence-corrected chi connectivity index (χ4v) is 3.44. The lowest BCUT2D eigenvalue weighted by molar-refractivity contribution is -0.131. The smallest absolute Gasteiger partial charge is 0.253 e. The van der Waals surface area contributed by atoms with E-state index in [9.17, 15) is 14.7 Å². The van der Waals surface area contributed by atoms with Gasteiger partial charge in [0.15, 0.2) is 0 Å². The van der Waals surface area contributed by atoms with Gasteiger partial charge < -0.3 is 15.3 Å². The summed E-state index contributed by atoms with van der Waals surface area (Å²) in [6, 6.07) is 14.0. The number of phenols is 1. The second-order valence-electron chi connectivity index (χ2n) is 6.41. The first-order valence-electron chi connectivity index (χ1n) is 8.64. The van der Waals surface area contributed by atoms with E-state index in [-0.39, 0.29) is 24.1 Å². The molecule has 0 aromatic heterocycles. The molecule has 1 saturated heterocycles. The van der Waals surface area contributed by atoms with Gasteiger partial charge in [-0.15, -0.1) is 0 Å². The third-order valence-corrected chi connectivity index (χ3v) is 5.06. The SMILES string of the molecule is O=C(NCC(=O)N1CCC(c2ccc(O)cc2)CC1)c1ccccc1Cl. The lowest BCUT2D eigenvalue weighted by Crippen LogP contribution is -2.43. The Bertz CT molecular complexity index is 784. The molecule has 136 valence electrons. The normalized spacial score (nSPS) is 14.9. The Morgan fingerprint density at radius 1 is 1.08 bits per heavy atom. The fraction of sp³-hybridized carbons (Fsp3) is 0.300. The quantitative estimate of drug-likeness (QED) is 0.866. The van der Waals surface area contributed by atoms with Crippen LogP contribution in [0.25, 0.3) is 0 Å². The van der Waals surface area contributed by atoms with Crippen LogP contribution in [0.5, 0.6) is 5.75 Å². The maximum Gasteiger partial charge on any atom is 0.253 e. The number of carbonyl (C=O) groups excluding carboxylic acids is 2. The number of aromatic hydroxyl groups is 1. The predicted molar refractivity (Wildman–Crippen MR) is 100 cm³/mol. The molecule has 3 rings (SSSR count). The molecule has 0 unspecified atom stereocenters. The third kappa shape index (κ3) is 4.35. The highest BCUT2D eigenvalue weighted by Crippen LogP contribution is 2.29. The maximum absolute atomic E-state index is 12.4. The van der Waals surface area contributed by atoms with E-state index in [2.05, 4.69) is 5.32 Å². The molecular formula is C20H21ClN2O3. The van der Waals surface area contributed by atoms with Crippen LogP contribution >= 0.6 is 11.6 Å². The van der Waals surface area contributed by atoms with Crippen LogP contribution in [0.2, 0.25) is 5.02 Å². The van der Waals surface area contributed by atoms with Crippen molar-refractivity contribution < 1.29 is 14.7 Å². The van der Waals surface area contributed by atoms with Crippen molar-refractivity contribution in [1.82, 2.24) is 10.2 Å². The largest absolute Gasteiger partial charge is 0.508 e. The minimum atomic E-state index is -0.345. The van der Waals surface area contributed by atoms with Gasteiger partial charge in [0.05, 0.1) is 17.1 Å². The van der Waals surface area contributed by atoms with Crippen molar-refractivity contribution >= 4 is 23.4 Å². The van der Waals surface area contributed by atoms with Crippen molar-refractivity contribution in [3.63, 3.8) is 0 Å². The van der Waals surface area contributed by atoms with Crippen LogP contribution in [0, 0.1) is 0 Å². The number of rotatable bonds is 4. The Balaban J connectivity index is 1.48. The first-order chi connectivity index (χ1) is 12.5. The highest BCUT2D eigenvalue weighted by molar-refractivity contribution is 6.33. The molecule has 0 atom stereocenters. The van der Waals surface area contributed by atoms with Gasteiger partial charge in [-0.05, 0) is 48.6 Å². The fourth-order valence-electron chi connectivity index (χ4n) is 3.22. The van der Waals surface area contributed by atoms with Gasteiger partial charge in [-0.3, -0.25) is 9.59 Å². The molecule has 2 aromatic carbocycles. The summed E-state index contributed by atoms with van der Waals surface area (Å²) in [5.74, 6) is 0.213. The van der Waals surface area contributed by atoms with E-state index in [1.807, 2.05) is 12.1 Å². The number of nitrogens with one attached hydrogen (secondary N) is 1. The minimum Gasteiger partial charge on any atom is -0.508 e. The topological polar surface area (TPSA) is 69.6 Å². The average molecular weight is 373 g/mol. The summed E-state index contributed by atoms with van der Waals surface area (Å²) in [5.41, 5.74) is 1.55. The summed E-state index contributed by atoms with van der Waals surface area (Å²) >= 11 is 6.00. The van der Waals surface area contributed by atoms with Crippen molar-refractivity contribution in [1.29, 1.82) is 0 Å². The van der Waals surface area contributed by atoms with Gasteiger partial charge in [-0.25, -0.2) is 0 Å². The monoisotopic (exact) mass is 372 g/mol. The zero-order valence-corrected chi connectivity index (χ0v) is 15.1. The molecule has 2 aromatic rings. The Hall–Kier alpha value is -2.53. The molecule has 26 heavy (non-hydrogen) atoms. The summed E-state index contributed by atoms with van der Waals surface area (Å²) in [4.78, 5) is 26.3. The maximum atomic E-state index is 12.4. The highest BCUT2D eigenvalue weighted by atomic mass is 35.5. The Morgan fingerprint density at radius 3 is 2.38 bits per heavy atom. The number of nitrogens with zero attached hydrogens (tertiary/aromatic N) is 1. The summed E-state index contributed by atoms with van der Waals surface area (Å²) in [6.07, 6.45) is 1.74. The number of piperidine rings is 1. The summed E-state index contributed by atoms with van der Waals surface area (Å²) < 4.78 is 0. The van der Waals surface area contributed by atoms with Crippen LogP contribution in [0.1, 0.15) is 34.7 Å². The molecule has 0 spiro atoms. The van der Waals surface area contributed by atoms with Gasteiger partial charge in [-0.1, -0.05) is 35.9 Å². The first kappa shape index (κ1) is 18.3. The molecule has 1 aliphatic heterocycles. The number of hydrogen-bond acceptors (Lipinski definition) is 3. The van der Waals surface area contributed by atoms with E-state index in [0.29, 0.717) is 29.6 Å². The van der Waals surface area contributed by atoms with Gasteiger partial charge in [0.1, 0.15) is 5.75 Å². The van der Waals surface area contributed by atoms with Crippen molar-refractivity contribution in [2.45, 2.75) is 18.8 Å². The molecule has 0 aliphatic carbocycles. The van der Waals surface area contributed by atoms with Gasteiger partial charge in [0.25, 0.3) is 5.91 Å². The van der Waals surface area contributed by atoms with Crippen molar-refractivity contribution in [3.8, 4) is 5.75 Å². The lowest BCUT2D eigenvalue weighted by atomic mass is 9.89. The average Bonchev–Trinajstić information content (AvgIpc) is 2.67. The molecule has 6 heteroatoms. The molecule has 0 saturated carbocycles. The van der Waals surface area contributed by atoms with Crippen LogP contribution in [0.4, 0.5) is 0 Å². The predicted octanol–water partition coefficient (Wildman–Crippen LogP) is 3.18. The van der Waals surface area contributed by atoms with E-state index in [4.69, 9.17) is 11.6 Å². The second-order valence-corrected chi connectivity index (χ2v) is 6.82. The van der Waals surface area contributed by atoms with Crippen LogP contribution in [0.15, 0.2) is 48.5 Å². The second kappa shape index (κ2) is 8.23. The molecular weight excluding hydrogens is 352 g/mol. The zero-order chi connectivity index (χ0) is 18.5. The van der Waals surface area contributed by atoms with Crippen molar-refractivity contribution in [2.75, 3.05) is 19.6 Å². The number of phenolic OH excluding ortho intramolecular Hbond substituents is 1. The molecule has 0 radical (unpaired) electrons. The summed E-state index contributed by atoms with van der Waals surface area (Å²) in [6.45, 7) is 1.28. The first-order valence-corrected chi connectivity index (χ1v) is 9.02. The molecule has 2 amide bonds. The minimum absolute atomic E-state index is 0.0338. The number of amides is 2. The number of likely N-dealkylation sites (tertiary alicyclic amines) is 1. The molecule has 1 aliphatic rings. The lowest BCUT2D eigenvalue weighted by Gasteiger charge is -2.32. The van der Waals surface area contributed by atoms with E-state index in [1.165, 1.54) is 5.56 Å². The van der Waals surface area contributed by atoms with Crippen LogP contribution < -0.4 is 5.32 Å². The van der Waals surface area contributed by atoms with E-state index >= 15 is 0 Å². The van der Waals surface area contributed by atoms with E-state index < -0.39 is 0 Å². The summed E-state index contributed by atoms with van der Waals surface area (Å²) in [5, 5.41) is 12.4. The number of carbonyl (C=O) groups is 2. The number of benzene rings is 2.